The number of fused-ring (bicyclic) bond motifs is 1. The molecule has 1 fully saturated rings. The average molecular weight is 285 g/mol. The van der Waals surface area contributed by atoms with Crippen LogP contribution in [0, 0.1) is 5.92 Å². The lowest BCUT2D eigenvalue weighted by Gasteiger charge is -2.11. The largest absolute Gasteiger partial charge is 0.361 e. The molecule has 1 aliphatic rings. The van der Waals surface area contributed by atoms with Crippen LogP contribution < -0.4 is 11.1 Å². The van der Waals surface area contributed by atoms with Crippen molar-refractivity contribution in [2.24, 2.45) is 11.7 Å². The average Bonchev–Trinajstić information content (AvgIpc) is 3.24. The van der Waals surface area contributed by atoms with Crippen LogP contribution in [0.4, 0.5) is 0 Å². The molecular weight excluding hydrogens is 262 g/mol. The molecule has 1 unspecified atom stereocenters. The lowest BCUT2D eigenvalue weighted by molar-refractivity contribution is -0.122. The minimum absolute atomic E-state index is 0.0453. The normalized spacial score (nSPS) is 16.0. The number of benzene rings is 1. The summed E-state index contributed by atoms with van der Waals surface area (Å²) in [4.78, 5) is 15.2. The molecule has 1 heterocycles. The molecule has 21 heavy (non-hydrogen) atoms. The number of nitrogens with two attached hydrogens (primary N) is 1. The molecule has 1 atom stereocenters. The third-order valence-corrected chi connectivity index (χ3v) is 4.24. The first-order valence-electron chi connectivity index (χ1n) is 7.82. The highest BCUT2D eigenvalue weighted by Gasteiger charge is 2.20. The lowest BCUT2D eigenvalue weighted by atomic mass is 10.1. The molecule has 1 aromatic carbocycles. The minimum atomic E-state index is -0.481. The van der Waals surface area contributed by atoms with Crippen molar-refractivity contribution in [3.8, 4) is 0 Å². The number of H-pyrrole nitrogens is 1. The van der Waals surface area contributed by atoms with Gasteiger partial charge in [0.15, 0.2) is 0 Å². The second kappa shape index (κ2) is 6.31. The van der Waals surface area contributed by atoms with Crippen LogP contribution in [0.2, 0.25) is 0 Å². The van der Waals surface area contributed by atoms with Crippen LogP contribution >= 0.6 is 0 Å². The molecule has 2 aromatic rings. The first kappa shape index (κ1) is 14.1. The summed E-state index contributed by atoms with van der Waals surface area (Å²) in [6.07, 6.45) is 7.56. The lowest BCUT2D eigenvalue weighted by Crippen LogP contribution is -2.42. The molecular formula is C17H23N3O. The number of para-hydroxylation sites is 1. The topological polar surface area (TPSA) is 70.9 Å². The Hall–Kier alpha value is -1.81. The molecule has 0 spiro atoms. The summed E-state index contributed by atoms with van der Waals surface area (Å²) < 4.78 is 0. The first-order valence-corrected chi connectivity index (χ1v) is 7.82. The molecule has 0 bridgehead atoms. The highest BCUT2D eigenvalue weighted by Crippen LogP contribution is 2.33. The molecule has 1 amide bonds. The third-order valence-electron chi connectivity index (χ3n) is 4.24. The molecule has 0 saturated heterocycles. The van der Waals surface area contributed by atoms with Gasteiger partial charge in [0.2, 0.25) is 5.91 Å². The fraction of sp³-hybridized carbons (Fsp3) is 0.471. The Morgan fingerprint density at radius 1 is 1.38 bits per heavy atom. The van der Waals surface area contributed by atoms with Crippen molar-refractivity contribution in [1.82, 2.24) is 10.3 Å². The highest BCUT2D eigenvalue weighted by molar-refractivity contribution is 5.86. The van der Waals surface area contributed by atoms with Crippen LogP contribution in [-0.4, -0.2) is 23.5 Å². The molecule has 0 radical (unpaired) electrons. The summed E-state index contributed by atoms with van der Waals surface area (Å²) in [6, 6.07) is 7.60. The minimum Gasteiger partial charge on any atom is -0.361 e. The monoisotopic (exact) mass is 285 g/mol. The molecule has 3 rings (SSSR count). The van der Waals surface area contributed by atoms with Crippen molar-refractivity contribution in [1.29, 1.82) is 0 Å². The molecule has 1 aromatic heterocycles. The number of amides is 1. The van der Waals surface area contributed by atoms with Crippen LogP contribution in [0.1, 0.15) is 31.2 Å². The van der Waals surface area contributed by atoms with Gasteiger partial charge in [0.05, 0.1) is 6.04 Å². The zero-order valence-electron chi connectivity index (χ0n) is 12.3. The maximum Gasteiger partial charge on any atom is 0.237 e. The Kier molecular flexibility index (Phi) is 4.25. The van der Waals surface area contributed by atoms with Crippen molar-refractivity contribution in [3.63, 3.8) is 0 Å². The SMILES string of the molecule is NC(Cc1c[nH]c2ccccc12)C(=O)NCCCC1CC1. The van der Waals surface area contributed by atoms with Gasteiger partial charge in [0, 0.05) is 23.6 Å². The Morgan fingerprint density at radius 3 is 3.00 bits per heavy atom. The van der Waals surface area contributed by atoms with E-state index in [2.05, 4.69) is 16.4 Å². The standard InChI is InChI=1S/C17H23N3O/c18-15(17(21)19-9-3-4-12-7-8-12)10-13-11-20-16-6-2-1-5-14(13)16/h1-2,5-6,11-12,15,20H,3-4,7-10,18H2,(H,19,21). The number of hydrogen-bond donors (Lipinski definition) is 3. The second-order valence-electron chi connectivity index (χ2n) is 6.05. The molecule has 112 valence electrons. The fourth-order valence-electron chi connectivity index (χ4n) is 2.77. The van der Waals surface area contributed by atoms with Crippen LogP contribution in [0.15, 0.2) is 30.5 Å². The predicted molar refractivity (Wildman–Crippen MR) is 84.9 cm³/mol. The Labute approximate surface area is 125 Å². The van der Waals surface area contributed by atoms with Crippen LogP contribution in [0.5, 0.6) is 0 Å². The number of aromatic nitrogens is 1. The van der Waals surface area contributed by atoms with Gasteiger partial charge in [-0.05, 0) is 36.8 Å². The summed E-state index contributed by atoms with van der Waals surface area (Å²) in [6.45, 7) is 0.747. The van der Waals surface area contributed by atoms with E-state index in [0.29, 0.717) is 6.42 Å². The van der Waals surface area contributed by atoms with E-state index in [4.69, 9.17) is 5.73 Å². The molecule has 4 nitrogen and oxygen atoms in total. The number of nitrogens with one attached hydrogen (secondary N) is 2. The zero-order chi connectivity index (χ0) is 14.7. The van der Waals surface area contributed by atoms with Gasteiger partial charge in [-0.15, -0.1) is 0 Å². The van der Waals surface area contributed by atoms with Crippen molar-refractivity contribution in [3.05, 3.63) is 36.0 Å². The number of carbonyl (C=O) groups is 1. The van der Waals surface area contributed by atoms with Gasteiger partial charge in [-0.2, -0.15) is 0 Å². The molecule has 1 saturated carbocycles. The van der Waals surface area contributed by atoms with Crippen LogP contribution in [0.25, 0.3) is 10.9 Å². The molecule has 1 aliphatic carbocycles. The van der Waals surface area contributed by atoms with Gasteiger partial charge in [0.25, 0.3) is 0 Å². The van der Waals surface area contributed by atoms with E-state index in [1.165, 1.54) is 19.3 Å². The summed E-state index contributed by atoms with van der Waals surface area (Å²) in [5.41, 5.74) is 8.22. The van der Waals surface area contributed by atoms with Gasteiger partial charge in [-0.3, -0.25) is 4.79 Å². The third kappa shape index (κ3) is 3.64. The summed E-state index contributed by atoms with van der Waals surface area (Å²) in [7, 11) is 0. The summed E-state index contributed by atoms with van der Waals surface area (Å²) in [5, 5.41) is 4.10. The second-order valence-corrected chi connectivity index (χ2v) is 6.05. The Morgan fingerprint density at radius 2 is 2.19 bits per heavy atom. The van der Waals surface area contributed by atoms with Gasteiger partial charge in [0.1, 0.15) is 0 Å². The van der Waals surface area contributed by atoms with E-state index in [9.17, 15) is 4.79 Å². The van der Waals surface area contributed by atoms with Gasteiger partial charge in [-0.1, -0.05) is 31.0 Å². The number of rotatable bonds is 7. The highest BCUT2D eigenvalue weighted by atomic mass is 16.2. The maximum absolute atomic E-state index is 12.0. The van der Waals surface area contributed by atoms with E-state index in [1.54, 1.807) is 0 Å². The molecule has 4 N–H and O–H groups in total. The van der Waals surface area contributed by atoms with E-state index in [-0.39, 0.29) is 5.91 Å². The zero-order valence-corrected chi connectivity index (χ0v) is 12.3. The van der Waals surface area contributed by atoms with Gasteiger partial charge < -0.3 is 16.0 Å². The first-order chi connectivity index (χ1) is 10.2. The number of aromatic amines is 1. The van der Waals surface area contributed by atoms with E-state index >= 15 is 0 Å². The van der Waals surface area contributed by atoms with E-state index < -0.39 is 6.04 Å². The van der Waals surface area contributed by atoms with Gasteiger partial charge in [-0.25, -0.2) is 0 Å². The van der Waals surface area contributed by atoms with Crippen molar-refractivity contribution in [2.45, 2.75) is 38.1 Å². The van der Waals surface area contributed by atoms with Crippen LogP contribution in [-0.2, 0) is 11.2 Å². The van der Waals surface area contributed by atoms with Crippen molar-refractivity contribution >= 4 is 16.8 Å². The van der Waals surface area contributed by atoms with E-state index in [1.807, 2.05) is 24.4 Å². The molecule has 4 heteroatoms. The summed E-state index contributed by atoms with van der Waals surface area (Å²) >= 11 is 0. The quantitative estimate of drug-likeness (QED) is 0.683. The smallest absolute Gasteiger partial charge is 0.237 e. The predicted octanol–water partition coefficient (Wildman–Crippen LogP) is 2.34. The van der Waals surface area contributed by atoms with Crippen molar-refractivity contribution < 1.29 is 4.79 Å². The number of carbonyl (C=O) groups excluding carboxylic acids is 1. The van der Waals surface area contributed by atoms with Crippen LogP contribution in [0.3, 0.4) is 0 Å². The number of hydrogen-bond acceptors (Lipinski definition) is 2. The fourth-order valence-corrected chi connectivity index (χ4v) is 2.77. The van der Waals surface area contributed by atoms with E-state index in [0.717, 1.165) is 35.3 Å². The maximum atomic E-state index is 12.0. The van der Waals surface area contributed by atoms with Gasteiger partial charge >= 0.3 is 0 Å². The summed E-state index contributed by atoms with van der Waals surface area (Å²) in [5.74, 6) is 0.873. The molecule has 0 aliphatic heterocycles. The Balaban J connectivity index is 1.50. The van der Waals surface area contributed by atoms with Crippen molar-refractivity contribution in [2.75, 3.05) is 6.54 Å². The Bertz CT molecular complexity index is 615.